The first kappa shape index (κ1) is 21.8. The Hall–Kier alpha value is -2.46. The van der Waals surface area contributed by atoms with E-state index in [1.807, 2.05) is 0 Å². The molecule has 10 heteroatoms. The first-order valence-electron chi connectivity index (χ1n) is 9.26. The number of carbonyl (C=O) groups is 4. The zero-order valence-electron chi connectivity index (χ0n) is 15.5. The van der Waals surface area contributed by atoms with Crippen molar-refractivity contribution in [3.8, 4) is 0 Å². The monoisotopic (exact) mass is 397 g/mol. The first-order valence-corrected chi connectivity index (χ1v) is 9.26. The summed E-state index contributed by atoms with van der Waals surface area (Å²) < 4.78 is 0. The molecule has 156 valence electrons. The van der Waals surface area contributed by atoms with Crippen LogP contribution in [0.1, 0.15) is 44.9 Å². The average molecular weight is 397 g/mol. The van der Waals surface area contributed by atoms with Crippen LogP contribution in [0.4, 0.5) is 0 Å². The second-order valence-electron chi connectivity index (χ2n) is 7.65. The van der Waals surface area contributed by atoms with Crippen LogP contribution in [0.5, 0.6) is 0 Å². The van der Waals surface area contributed by atoms with Crippen molar-refractivity contribution in [2.24, 2.45) is 11.1 Å². The molecule has 2 aliphatic rings. The second kappa shape index (κ2) is 9.16. The standard InChI is InChI=1S/C18H27N3O7/c19-13(23)9-20-17(28)10-5-11(16(27)12(22)6-10)21-14(24)7-18(8-15(25)26)3-1-2-4-18/h5,11-12,16,22,27H,1-4,6-9H2,(H2,19,23)(H,20,28)(H,21,24)(H,25,26)/t11-,12-,16-/m1/s1. The van der Waals surface area contributed by atoms with Crippen molar-refractivity contribution in [3.63, 3.8) is 0 Å². The summed E-state index contributed by atoms with van der Waals surface area (Å²) in [6, 6.07) is -1.01. The molecular formula is C18H27N3O7. The molecule has 3 atom stereocenters. The van der Waals surface area contributed by atoms with Crippen LogP contribution in [-0.2, 0) is 19.2 Å². The van der Waals surface area contributed by atoms with Gasteiger partial charge in [0.05, 0.1) is 25.1 Å². The van der Waals surface area contributed by atoms with Crippen LogP contribution in [0.2, 0.25) is 0 Å². The van der Waals surface area contributed by atoms with E-state index in [2.05, 4.69) is 10.6 Å². The quantitative estimate of drug-likeness (QED) is 0.290. The van der Waals surface area contributed by atoms with Crippen LogP contribution >= 0.6 is 0 Å². The molecule has 0 aromatic heterocycles. The number of carboxylic acids is 1. The van der Waals surface area contributed by atoms with Gasteiger partial charge >= 0.3 is 5.97 Å². The van der Waals surface area contributed by atoms with E-state index in [9.17, 15) is 29.4 Å². The lowest BCUT2D eigenvalue weighted by molar-refractivity contribution is -0.140. The maximum Gasteiger partial charge on any atom is 0.303 e. The molecule has 0 saturated heterocycles. The molecule has 2 aliphatic carbocycles. The number of hydrogen-bond acceptors (Lipinski definition) is 6. The van der Waals surface area contributed by atoms with Crippen molar-refractivity contribution in [3.05, 3.63) is 11.6 Å². The van der Waals surface area contributed by atoms with Gasteiger partial charge in [0.2, 0.25) is 17.7 Å². The molecule has 0 aromatic carbocycles. The van der Waals surface area contributed by atoms with Gasteiger partial charge in [0.1, 0.15) is 6.10 Å². The van der Waals surface area contributed by atoms with Gasteiger partial charge in [-0.2, -0.15) is 0 Å². The van der Waals surface area contributed by atoms with Gasteiger partial charge in [-0.1, -0.05) is 18.9 Å². The minimum Gasteiger partial charge on any atom is -0.481 e. The van der Waals surface area contributed by atoms with E-state index >= 15 is 0 Å². The summed E-state index contributed by atoms with van der Waals surface area (Å²) in [6.07, 6.45) is 1.50. The number of aliphatic carboxylic acids is 1. The normalized spacial score (nSPS) is 26.2. The molecule has 0 radical (unpaired) electrons. The predicted molar refractivity (Wildman–Crippen MR) is 96.6 cm³/mol. The van der Waals surface area contributed by atoms with Gasteiger partial charge in [-0.3, -0.25) is 19.2 Å². The van der Waals surface area contributed by atoms with Crippen molar-refractivity contribution in [1.82, 2.24) is 10.6 Å². The Labute approximate surface area is 162 Å². The van der Waals surface area contributed by atoms with E-state index in [0.29, 0.717) is 12.8 Å². The number of nitrogens with one attached hydrogen (secondary N) is 2. The maximum atomic E-state index is 12.5. The Kier molecular flexibility index (Phi) is 7.14. The summed E-state index contributed by atoms with van der Waals surface area (Å²) in [4.78, 5) is 46.5. The number of hydrogen-bond donors (Lipinski definition) is 6. The van der Waals surface area contributed by atoms with Crippen molar-refractivity contribution in [2.45, 2.75) is 63.2 Å². The van der Waals surface area contributed by atoms with Crippen LogP contribution in [-0.4, -0.2) is 63.8 Å². The van der Waals surface area contributed by atoms with Crippen LogP contribution in [0.15, 0.2) is 11.6 Å². The van der Waals surface area contributed by atoms with Gasteiger partial charge < -0.3 is 31.7 Å². The van der Waals surface area contributed by atoms with Gasteiger partial charge in [0, 0.05) is 18.4 Å². The number of nitrogens with two attached hydrogens (primary N) is 1. The van der Waals surface area contributed by atoms with Crippen molar-refractivity contribution in [2.75, 3.05) is 6.54 Å². The predicted octanol–water partition coefficient (Wildman–Crippen LogP) is -1.45. The number of aliphatic hydroxyl groups is 2. The smallest absolute Gasteiger partial charge is 0.303 e. The Morgan fingerprint density at radius 2 is 1.79 bits per heavy atom. The topological polar surface area (TPSA) is 179 Å². The molecule has 2 rings (SSSR count). The molecule has 28 heavy (non-hydrogen) atoms. The van der Waals surface area contributed by atoms with Crippen molar-refractivity contribution in [1.29, 1.82) is 0 Å². The third-order valence-electron chi connectivity index (χ3n) is 5.34. The van der Waals surface area contributed by atoms with Crippen molar-refractivity contribution >= 4 is 23.7 Å². The first-order chi connectivity index (χ1) is 13.1. The van der Waals surface area contributed by atoms with Gasteiger partial charge in [-0.25, -0.2) is 0 Å². The molecule has 3 amide bonds. The average Bonchev–Trinajstić information content (AvgIpc) is 3.03. The van der Waals surface area contributed by atoms with E-state index in [1.54, 1.807) is 0 Å². The number of carbonyl (C=O) groups excluding carboxylic acids is 3. The van der Waals surface area contributed by atoms with E-state index in [1.165, 1.54) is 6.08 Å². The highest BCUT2D eigenvalue weighted by Crippen LogP contribution is 2.44. The third kappa shape index (κ3) is 5.77. The highest BCUT2D eigenvalue weighted by molar-refractivity contribution is 5.96. The van der Waals surface area contributed by atoms with Crippen LogP contribution in [0, 0.1) is 5.41 Å². The minimum absolute atomic E-state index is 0.00431. The number of aliphatic hydroxyl groups excluding tert-OH is 2. The summed E-state index contributed by atoms with van der Waals surface area (Å²) in [5, 5.41) is 34.2. The van der Waals surface area contributed by atoms with Gasteiger partial charge in [0.15, 0.2) is 0 Å². The molecule has 0 unspecified atom stereocenters. The number of primary amides is 1. The summed E-state index contributed by atoms with van der Waals surface area (Å²) in [7, 11) is 0. The minimum atomic E-state index is -1.31. The number of amides is 3. The lowest BCUT2D eigenvalue weighted by Crippen LogP contribution is -2.51. The van der Waals surface area contributed by atoms with Crippen LogP contribution < -0.4 is 16.4 Å². The fraction of sp³-hybridized carbons (Fsp3) is 0.667. The summed E-state index contributed by atoms with van der Waals surface area (Å²) in [5.41, 5.74) is 4.48. The van der Waals surface area contributed by atoms with Crippen LogP contribution in [0.25, 0.3) is 0 Å². The van der Waals surface area contributed by atoms with Gasteiger partial charge in [-0.05, 0) is 18.3 Å². The lowest BCUT2D eigenvalue weighted by atomic mass is 9.79. The number of rotatable bonds is 8. The highest BCUT2D eigenvalue weighted by atomic mass is 16.4. The molecule has 0 spiro atoms. The Balaban J connectivity index is 2.05. The highest BCUT2D eigenvalue weighted by Gasteiger charge is 2.39. The zero-order valence-corrected chi connectivity index (χ0v) is 15.5. The molecule has 1 saturated carbocycles. The van der Waals surface area contributed by atoms with Gasteiger partial charge in [-0.15, -0.1) is 0 Å². The molecule has 7 N–H and O–H groups in total. The summed E-state index contributed by atoms with van der Waals surface area (Å²) in [5.74, 6) is -2.76. The third-order valence-corrected chi connectivity index (χ3v) is 5.34. The summed E-state index contributed by atoms with van der Waals surface area (Å²) >= 11 is 0. The molecule has 0 heterocycles. The van der Waals surface area contributed by atoms with Crippen LogP contribution in [0.3, 0.4) is 0 Å². The van der Waals surface area contributed by atoms with E-state index in [4.69, 9.17) is 10.8 Å². The SMILES string of the molecule is NC(=O)CNC(=O)C1=C[C@@H](NC(=O)CC2(CC(=O)O)CCCC2)[C@@H](O)[C@H](O)C1. The molecule has 0 aromatic rings. The second-order valence-corrected chi connectivity index (χ2v) is 7.65. The fourth-order valence-electron chi connectivity index (χ4n) is 3.98. The largest absolute Gasteiger partial charge is 0.481 e. The van der Waals surface area contributed by atoms with E-state index in [-0.39, 0.29) is 31.4 Å². The van der Waals surface area contributed by atoms with E-state index < -0.39 is 47.4 Å². The fourth-order valence-corrected chi connectivity index (χ4v) is 3.98. The lowest BCUT2D eigenvalue weighted by Gasteiger charge is -2.32. The number of carboxylic acid groups (broad SMARTS) is 1. The molecule has 10 nitrogen and oxygen atoms in total. The van der Waals surface area contributed by atoms with E-state index in [0.717, 1.165) is 12.8 Å². The van der Waals surface area contributed by atoms with Gasteiger partial charge in [0.25, 0.3) is 0 Å². The Morgan fingerprint density at radius 3 is 2.36 bits per heavy atom. The van der Waals surface area contributed by atoms with Crippen molar-refractivity contribution < 1.29 is 34.5 Å². The molecule has 0 bridgehead atoms. The molecule has 1 fully saturated rings. The molecule has 0 aliphatic heterocycles. The zero-order chi connectivity index (χ0) is 20.9. The summed E-state index contributed by atoms with van der Waals surface area (Å²) in [6.45, 7) is -0.371. The maximum absolute atomic E-state index is 12.5. The Morgan fingerprint density at radius 1 is 1.14 bits per heavy atom. The molecular weight excluding hydrogens is 370 g/mol. The Bertz CT molecular complexity index is 670.